The van der Waals surface area contributed by atoms with Gasteiger partial charge in [0.05, 0.1) is 0 Å². The van der Waals surface area contributed by atoms with Crippen molar-refractivity contribution >= 4 is 23.1 Å². The van der Waals surface area contributed by atoms with Crippen molar-refractivity contribution in [1.29, 1.82) is 0 Å². The molecule has 0 bridgehead atoms. The van der Waals surface area contributed by atoms with Crippen LogP contribution in [0, 0.1) is 12.3 Å². The van der Waals surface area contributed by atoms with E-state index in [0.717, 1.165) is 5.75 Å². The standard InChI is InChI=1S/C11H13NS2/c1-3-9(12-2)11-6-8-7-13-5-4-10(8)14-11/h1,6,9,12H,4-5,7H2,2H3. The number of thioether (sulfide) groups is 1. The Kier molecular flexibility index (Phi) is 3.17. The summed E-state index contributed by atoms with van der Waals surface area (Å²) in [6, 6.07) is 2.36. The lowest BCUT2D eigenvalue weighted by Gasteiger charge is -2.08. The first-order valence-electron chi connectivity index (χ1n) is 4.67. The summed E-state index contributed by atoms with van der Waals surface area (Å²) in [7, 11) is 1.91. The van der Waals surface area contributed by atoms with Crippen LogP contribution in [-0.4, -0.2) is 12.8 Å². The Balaban J connectivity index is 2.28. The topological polar surface area (TPSA) is 12.0 Å². The van der Waals surface area contributed by atoms with Gasteiger partial charge < -0.3 is 5.32 Å². The Morgan fingerprint density at radius 2 is 2.50 bits per heavy atom. The number of hydrogen-bond acceptors (Lipinski definition) is 3. The number of hydrogen-bond donors (Lipinski definition) is 1. The van der Waals surface area contributed by atoms with Crippen LogP contribution >= 0.6 is 23.1 Å². The van der Waals surface area contributed by atoms with E-state index in [0.29, 0.717) is 0 Å². The molecule has 1 nitrogen and oxygen atoms in total. The fourth-order valence-electron chi connectivity index (χ4n) is 1.62. The molecule has 1 aromatic heterocycles. The summed E-state index contributed by atoms with van der Waals surface area (Å²) in [5.74, 6) is 5.19. The Labute approximate surface area is 93.3 Å². The highest BCUT2D eigenvalue weighted by Gasteiger charge is 2.16. The zero-order chi connectivity index (χ0) is 9.97. The maximum atomic E-state index is 5.46. The molecule has 1 aliphatic heterocycles. The normalized spacial score (nSPS) is 17.1. The van der Waals surface area contributed by atoms with Crippen LogP contribution in [0.1, 0.15) is 21.4 Å². The lowest BCUT2D eigenvalue weighted by Crippen LogP contribution is -2.12. The third kappa shape index (κ3) is 1.83. The second-order valence-corrected chi connectivity index (χ2v) is 5.56. The predicted molar refractivity (Wildman–Crippen MR) is 64.8 cm³/mol. The number of thiophene rings is 1. The summed E-state index contributed by atoms with van der Waals surface area (Å²) in [6.07, 6.45) is 6.68. The molecule has 0 spiro atoms. The van der Waals surface area contributed by atoms with E-state index >= 15 is 0 Å². The van der Waals surface area contributed by atoms with E-state index in [1.807, 2.05) is 30.1 Å². The second-order valence-electron chi connectivity index (χ2n) is 3.29. The highest BCUT2D eigenvalue weighted by molar-refractivity contribution is 7.98. The van der Waals surface area contributed by atoms with Crippen LogP contribution in [0.4, 0.5) is 0 Å². The van der Waals surface area contributed by atoms with E-state index in [2.05, 4.69) is 17.3 Å². The van der Waals surface area contributed by atoms with Gasteiger partial charge in [0.15, 0.2) is 0 Å². The molecule has 3 heteroatoms. The van der Waals surface area contributed by atoms with Crippen LogP contribution in [0.25, 0.3) is 0 Å². The van der Waals surface area contributed by atoms with Gasteiger partial charge in [-0.1, -0.05) is 5.92 Å². The molecule has 0 saturated carbocycles. The fourth-order valence-corrected chi connectivity index (χ4v) is 4.07. The van der Waals surface area contributed by atoms with Gasteiger partial charge in [0.1, 0.15) is 6.04 Å². The molecule has 0 fully saturated rings. The number of aryl methyl sites for hydroxylation is 1. The average molecular weight is 223 g/mol. The SMILES string of the molecule is C#CC(NC)c1cc2c(s1)CCSC2. The first-order chi connectivity index (χ1) is 6.85. The largest absolute Gasteiger partial charge is 0.302 e. The summed E-state index contributed by atoms with van der Waals surface area (Å²) < 4.78 is 0. The third-order valence-electron chi connectivity index (χ3n) is 2.39. The lowest BCUT2D eigenvalue weighted by atomic mass is 10.2. The van der Waals surface area contributed by atoms with Crippen molar-refractivity contribution in [3.63, 3.8) is 0 Å². The van der Waals surface area contributed by atoms with Crippen molar-refractivity contribution in [2.24, 2.45) is 0 Å². The van der Waals surface area contributed by atoms with Gasteiger partial charge in [0, 0.05) is 15.5 Å². The van der Waals surface area contributed by atoms with Crippen molar-refractivity contribution < 1.29 is 0 Å². The zero-order valence-electron chi connectivity index (χ0n) is 8.17. The summed E-state index contributed by atoms with van der Waals surface area (Å²) in [6.45, 7) is 0. The molecular weight excluding hydrogens is 210 g/mol. The number of terminal acetylenes is 1. The number of rotatable bonds is 2. The maximum Gasteiger partial charge on any atom is 0.103 e. The van der Waals surface area contributed by atoms with Crippen LogP contribution in [0.15, 0.2) is 6.07 Å². The minimum absolute atomic E-state index is 0.0931. The fraction of sp³-hybridized carbons (Fsp3) is 0.455. The van der Waals surface area contributed by atoms with Crippen LogP contribution in [0.5, 0.6) is 0 Å². The molecule has 0 radical (unpaired) electrons. The molecule has 1 atom stereocenters. The van der Waals surface area contributed by atoms with Gasteiger partial charge in [0.25, 0.3) is 0 Å². The van der Waals surface area contributed by atoms with Gasteiger partial charge in [0.2, 0.25) is 0 Å². The molecule has 74 valence electrons. The minimum Gasteiger partial charge on any atom is -0.302 e. The average Bonchev–Trinajstić information content (AvgIpc) is 2.63. The highest BCUT2D eigenvalue weighted by Crippen LogP contribution is 2.34. The monoisotopic (exact) mass is 223 g/mol. The Bertz CT molecular complexity index is 338. The smallest absolute Gasteiger partial charge is 0.103 e. The highest BCUT2D eigenvalue weighted by atomic mass is 32.2. The Hall–Kier alpha value is -0.430. The number of fused-ring (bicyclic) bond motifs is 1. The van der Waals surface area contributed by atoms with Gasteiger partial charge >= 0.3 is 0 Å². The van der Waals surface area contributed by atoms with Crippen molar-refractivity contribution in [3.05, 3.63) is 21.4 Å². The third-order valence-corrected chi connectivity index (χ3v) is 4.70. The lowest BCUT2D eigenvalue weighted by molar-refractivity contribution is 0.749. The predicted octanol–water partition coefficient (Wildman–Crippen LogP) is 2.43. The van der Waals surface area contributed by atoms with Crippen molar-refractivity contribution in [1.82, 2.24) is 5.32 Å². The maximum absolute atomic E-state index is 5.46. The van der Waals surface area contributed by atoms with Gasteiger partial charge in [-0.25, -0.2) is 0 Å². The summed E-state index contributed by atoms with van der Waals surface area (Å²) in [4.78, 5) is 2.83. The minimum atomic E-state index is 0.0931. The molecule has 2 rings (SSSR count). The Morgan fingerprint density at radius 1 is 1.64 bits per heavy atom. The van der Waals surface area contributed by atoms with Crippen LogP contribution < -0.4 is 5.32 Å². The molecule has 0 aromatic carbocycles. The molecule has 14 heavy (non-hydrogen) atoms. The molecule has 1 aliphatic rings. The summed E-state index contributed by atoms with van der Waals surface area (Å²) in [5, 5.41) is 3.14. The first-order valence-corrected chi connectivity index (χ1v) is 6.65. The van der Waals surface area contributed by atoms with Crippen molar-refractivity contribution in [3.8, 4) is 12.3 Å². The molecule has 1 aromatic rings. The van der Waals surface area contributed by atoms with E-state index in [1.165, 1.54) is 27.5 Å². The van der Waals surface area contributed by atoms with Crippen LogP contribution in [-0.2, 0) is 12.2 Å². The van der Waals surface area contributed by atoms with Crippen LogP contribution in [0.2, 0.25) is 0 Å². The van der Waals surface area contributed by atoms with E-state index < -0.39 is 0 Å². The van der Waals surface area contributed by atoms with Gasteiger partial charge in [-0.2, -0.15) is 11.8 Å². The van der Waals surface area contributed by atoms with E-state index in [4.69, 9.17) is 6.42 Å². The zero-order valence-corrected chi connectivity index (χ0v) is 9.80. The molecular formula is C11H13NS2. The van der Waals surface area contributed by atoms with E-state index in [1.54, 1.807) is 0 Å². The first kappa shape index (κ1) is 10.1. The van der Waals surface area contributed by atoms with Crippen molar-refractivity contribution in [2.45, 2.75) is 18.2 Å². The molecule has 0 amide bonds. The van der Waals surface area contributed by atoms with E-state index in [9.17, 15) is 0 Å². The molecule has 0 aliphatic carbocycles. The summed E-state index contributed by atoms with van der Waals surface area (Å²) >= 11 is 3.89. The van der Waals surface area contributed by atoms with E-state index in [-0.39, 0.29) is 6.04 Å². The second kappa shape index (κ2) is 4.39. The summed E-state index contributed by atoms with van der Waals surface area (Å²) in [5.41, 5.74) is 1.50. The number of nitrogens with one attached hydrogen (secondary N) is 1. The molecule has 0 saturated heterocycles. The van der Waals surface area contributed by atoms with Gasteiger partial charge in [-0.05, 0) is 30.9 Å². The quantitative estimate of drug-likeness (QED) is 0.773. The van der Waals surface area contributed by atoms with Gasteiger partial charge in [-0.3, -0.25) is 0 Å². The molecule has 1 N–H and O–H groups in total. The van der Waals surface area contributed by atoms with Crippen LogP contribution in [0.3, 0.4) is 0 Å². The molecule has 2 heterocycles. The van der Waals surface area contributed by atoms with Crippen molar-refractivity contribution in [2.75, 3.05) is 12.8 Å². The Morgan fingerprint density at radius 3 is 3.14 bits per heavy atom. The molecule has 1 unspecified atom stereocenters. The van der Waals surface area contributed by atoms with Gasteiger partial charge in [-0.15, -0.1) is 17.8 Å².